The highest BCUT2D eigenvalue weighted by Gasteiger charge is 2.16. The van der Waals surface area contributed by atoms with Crippen LogP contribution in [0, 0.1) is 5.92 Å². The van der Waals surface area contributed by atoms with Gasteiger partial charge in [-0.2, -0.15) is 0 Å². The van der Waals surface area contributed by atoms with E-state index in [9.17, 15) is 0 Å². The van der Waals surface area contributed by atoms with E-state index in [4.69, 9.17) is 11.6 Å². The van der Waals surface area contributed by atoms with Crippen LogP contribution in [0.1, 0.15) is 39.0 Å². The van der Waals surface area contributed by atoms with Crippen molar-refractivity contribution in [3.8, 4) is 0 Å². The van der Waals surface area contributed by atoms with E-state index in [2.05, 4.69) is 33.2 Å². The summed E-state index contributed by atoms with van der Waals surface area (Å²) in [6.07, 6.45) is 8.31. The minimum Gasteiger partial charge on any atom is -0.381 e. The summed E-state index contributed by atoms with van der Waals surface area (Å²) in [6.45, 7) is 2.35. The summed E-state index contributed by atoms with van der Waals surface area (Å²) in [4.78, 5) is 4.14. The Balaban J connectivity index is 1.97. The molecule has 0 spiro atoms. The molecule has 1 aliphatic carbocycles. The maximum atomic E-state index is 5.88. The van der Waals surface area contributed by atoms with Crippen LogP contribution in [0.2, 0.25) is 5.15 Å². The minimum atomic E-state index is 0.519. The number of aromatic nitrogens is 1. The van der Waals surface area contributed by atoms with Gasteiger partial charge in [0.15, 0.2) is 0 Å². The van der Waals surface area contributed by atoms with Crippen molar-refractivity contribution in [2.24, 2.45) is 5.92 Å². The highest BCUT2D eigenvalue weighted by atomic mass is 79.9. The number of anilines is 1. The fourth-order valence-electron chi connectivity index (χ4n) is 2.37. The summed E-state index contributed by atoms with van der Waals surface area (Å²) in [5.74, 6) is 0.872. The van der Waals surface area contributed by atoms with Gasteiger partial charge in [0.05, 0.1) is 16.4 Å². The first-order valence-corrected chi connectivity index (χ1v) is 7.40. The smallest absolute Gasteiger partial charge is 0.143 e. The van der Waals surface area contributed by atoms with E-state index < -0.39 is 0 Å². The van der Waals surface area contributed by atoms with Gasteiger partial charge in [-0.05, 0) is 47.2 Å². The van der Waals surface area contributed by atoms with E-state index in [1.165, 1.54) is 32.1 Å². The van der Waals surface area contributed by atoms with E-state index in [-0.39, 0.29) is 0 Å². The molecule has 1 N–H and O–H groups in total. The molecule has 1 saturated carbocycles. The van der Waals surface area contributed by atoms with Crippen molar-refractivity contribution in [3.05, 3.63) is 21.9 Å². The predicted molar refractivity (Wildman–Crippen MR) is 76.6 cm³/mol. The SMILES string of the molecule is CC1CCCC(Nc2cnc(Cl)c(Br)c2)CC1. The fourth-order valence-corrected chi connectivity index (χ4v) is 2.82. The number of pyridine rings is 1. The Hall–Kier alpha value is -0.280. The van der Waals surface area contributed by atoms with Crippen molar-refractivity contribution in [2.75, 3.05) is 5.32 Å². The molecule has 17 heavy (non-hydrogen) atoms. The molecule has 2 atom stereocenters. The van der Waals surface area contributed by atoms with Crippen LogP contribution in [0.3, 0.4) is 0 Å². The first kappa shape index (κ1) is 13.2. The number of hydrogen-bond acceptors (Lipinski definition) is 2. The van der Waals surface area contributed by atoms with Crippen molar-refractivity contribution in [3.63, 3.8) is 0 Å². The van der Waals surface area contributed by atoms with Gasteiger partial charge in [0.1, 0.15) is 5.15 Å². The standard InChI is InChI=1S/C13H18BrClN2/c1-9-3-2-4-10(6-5-9)17-11-7-12(14)13(15)16-8-11/h7-10,17H,2-6H2,1H3. The van der Waals surface area contributed by atoms with Crippen LogP contribution in [0.25, 0.3) is 0 Å². The molecular formula is C13H18BrClN2. The molecule has 2 nitrogen and oxygen atoms in total. The van der Waals surface area contributed by atoms with Crippen molar-refractivity contribution < 1.29 is 0 Å². The number of rotatable bonds is 2. The van der Waals surface area contributed by atoms with E-state index >= 15 is 0 Å². The number of nitrogens with one attached hydrogen (secondary N) is 1. The highest BCUT2D eigenvalue weighted by molar-refractivity contribution is 9.10. The molecule has 1 aromatic rings. The van der Waals surface area contributed by atoms with Crippen LogP contribution >= 0.6 is 27.5 Å². The van der Waals surface area contributed by atoms with Gasteiger partial charge in [0.2, 0.25) is 0 Å². The second-order valence-corrected chi connectivity index (χ2v) is 6.16. The predicted octanol–water partition coefficient (Wildman–Crippen LogP) is 4.88. The van der Waals surface area contributed by atoms with Crippen LogP contribution in [0.5, 0.6) is 0 Å². The molecule has 1 fully saturated rings. The van der Waals surface area contributed by atoms with Gasteiger partial charge < -0.3 is 5.32 Å². The molecule has 0 bridgehead atoms. The number of halogens is 2. The van der Waals surface area contributed by atoms with Crippen molar-refractivity contribution in [1.29, 1.82) is 0 Å². The van der Waals surface area contributed by atoms with Gasteiger partial charge in [-0.25, -0.2) is 4.98 Å². The van der Waals surface area contributed by atoms with E-state index in [0.29, 0.717) is 11.2 Å². The zero-order valence-corrected chi connectivity index (χ0v) is 12.4. The van der Waals surface area contributed by atoms with Crippen LogP contribution in [-0.4, -0.2) is 11.0 Å². The number of nitrogens with zero attached hydrogens (tertiary/aromatic N) is 1. The summed E-state index contributed by atoms with van der Waals surface area (Å²) in [5.41, 5.74) is 1.06. The third-order valence-electron chi connectivity index (χ3n) is 3.42. The summed E-state index contributed by atoms with van der Waals surface area (Å²) in [7, 11) is 0. The Morgan fingerprint density at radius 3 is 2.94 bits per heavy atom. The maximum absolute atomic E-state index is 5.88. The van der Waals surface area contributed by atoms with Crippen molar-refractivity contribution in [1.82, 2.24) is 4.98 Å². The second-order valence-electron chi connectivity index (χ2n) is 4.95. The zero-order valence-electron chi connectivity index (χ0n) is 10.0. The molecule has 94 valence electrons. The molecule has 1 aliphatic rings. The first-order chi connectivity index (χ1) is 8.15. The lowest BCUT2D eigenvalue weighted by atomic mass is 10.0. The number of hydrogen-bond donors (Lipinski definition) is 1. The quantitative estimate of drug-likeness (QED) is 0.621. The molecule has 4 heteroatoms. The van der Waals surface area contributed by atoms with Crippen LogP contribution < -0.4 is 5.32 Å². The Kier molecular flexibility index (Phi) is 4.69. The van der Waals surface area contributed by atoms with Gasteiger partial charge in [-0.15, -0.1) is 0 Å². The lowest BCUT2D eigenvalue weighted by Crippen LogP contribution is -2.18. The summed E-state index contributed by atoms with van der Waals surface area (Å²) >= 11 is 9.28. The molecule has 2 rings (SSSR count). The highest BCUT2D eigenvalue weighted by Crippen LogP contribution is 2.27. The third kappa shape index (κ3) is 3.85. The average Bonchev–Trinajstić information content (AvgIpc) is 2.49. The van der Waals surface area contributed by atoms with E-state index in [1.807, 2.05) is 6.07 Å². The monoisotopic (exact) mass is 316 g/mol. The topological polar surface area (TPSA) is 24.9 Å². The Bertz CT molecular complexity index is 384. The third-order valence-corrected chi connectivity index (χ3v) is 4.56. The van der Waals surface area contributed by atoms with Gasteiger partial charge >= 0.3 is 0 Å². The Labute approximate surface area is 116 Å². The average molecular weight is 318 g/mol. The summed E-state index contributed by atoms with van der Waals surface area (Å²) in [5, 5.41) is 4.08. The second kappa shape index (κ2) is 6.05. The van der Waals surface area contributed by atoms with Crippen LogP contribution in [0.4, 0.5) is 5.69 Å². The van der Waals surface area contributed by atoms with Crippen molar-refractivity contribution in [2.45, 2.75) is 45.1 Å². The molecule has 0 saturated heterocycles. The molecule has 0 radical (unpaired) electrons. The molecule has 0 aliphatic heterocycles. The van der Waals surface area contributed by atoms with E-state index in [0.717, 1.165) is 16.1 Å². The first-order valence-electron chi connectivity index (χ1n) is 6.22. The van der Waals surface area contributed by atoms with Gasteiger partial charge in [-0.3, -0.25) is 0 Å². The fraction of sp³-hybridized carbons (Fsp3) is 0.615. The minimum absolute atomic E-state index is 0.519. The summed E-state index contributed by atoms with van der Waals surface area (Å²) < 4.78 is 0.853. The Morgan fingerprint density at radius 1 is 1.35 bits per heavy atom. The molecule has 1 heterocycles. The van der Waals surface area contributed by atoms with Gasteiger partial charge in [0.25, 0.3) is 0 Å². The molecule has 0 aromatic carbocycles. The van der Waals surface area contributed by atoms with Gasteiger partial charge in [0, 0.05) is 6.04 Å². The molecule has 0 amide bonds. The molecule has 1 aromatic heterocycles. The lowest BCUT2D eigenvalue weighted by Gasteiger charge is -2.17. The van der Waals surface area contributed by atoms with Crippen molar-refractivity contribution >= 4 is 33.2 Å². The maximum Gasteiger partial charge on any atom is 0.143 e. The largest absolute Gasteiger partial charge is 0.381 e. The van der Waals surface area contributed by atoms with Crippen LogP contribution in [0.15, 0.2) is 16.7 Å². The lowest BCUT2D eigenvalue weighted by molar-refractivity contribution is 0.502. The van der Waals surface area contributed by atoms with Gasteiger partial charge in [-0.1, -0.05) is 31.4 Å². The van der Waals surface area contributed by atoms with E-state index in [1.54, 1.807) is 6.20 Å². The van der Waals surface area contributed by atoms with Crippen LogP contribution in [-0.2, 0) is 0 Å². The molecule has 2 unspecified atom stereocenters. The Morgan fingerprint density at radius 2 is 2.18 bits per heavy atom. The summed E-state index contributed by atoms with van der Waals surface area (Å²) in [6, 6.07) is 2.58. The normalized spacial score (nSPS) is 25.4. The zero-order chi connectivity index (χ0) is 12.3. The molecular weight excluding hydrogens is 300 g/mol.